The van der Waals surface area contributed by atoms with Crippen molar-refractivity contribution < 1.29 is 8.78 Å². The number of anilines is 2. The van der Waals surface area contributed by atoms with Gasteiger partial charge in [-0.05, 0) is 18.2 Å². The molecule has 0 unspecified atom stereocenters. The first-order valence-electron chi connectivity index (χ1n) is 5.47. The molecule has 94 valence electrons. The van der Waals surface area contributed by atoms with E-state index >= 15 is 0 Å². The van der Waals surface area contributed by atoms with E-state index in [1.807, 2.05) is 0 Å². The summed E-state index contributed by atoms with van der Waals surface area (Å²) in [5, 5.41) is 0. The molecular weight excluding hydrogens is 236 g/mol. The van der Waals surface area contributed by atoms with E-state index < -0.39 is 11.6 Å². The van der Waals surface area contributed by atoms with Crippen molar-refractivity contribution in [3.63, 3.8) is 0 Å². The van der Waals surface area contributed by atoms with Crippen LogP contribution in [0.15, 0.2) is 36.5 Å². The second-order valence-electron chi connectivity index (χ2n) is 3.82. The smallest absolute Gasteiger partial charge is 0.170 e. The molecule has 0 spiro atoms. The molecule has 0 amide bonds. The molecule has 0 atom stereocenters. The van der Waals surface area contributed by atoms with Crippen LogP contribution < -0.4 is 10.6 Å². The normalized spacial score (nSPS) is 10.4. The number of para-hydroxylation sites is 1. The molecule has 18 heavy (non-hydrogen) atoms. The zero-order valence-corrected chi connectivity index (χ0v) is 9.90. The lowest BCUT2D eigenvalue weighted by Gasteiger charge is -2.20. The first-order chi connectivity index (χ1) is 8.65. The van der Waals surface area contributed by atoms with Crippen molar-refractivity contribution in [1.29, 1.82) is 0 Å². The molecule has 0 radical (unpaired) electrons. The highest BCUT2D eigenvalue weighted by Gasteiger charge is 2.16. The second-order valence-corrected chi connectivity index (χ2v) is 3.82. The van der Waals surface area contributed by atoms with Crippen LogP contribution >= 0.6 is 0 Å². The van der Waals surface area contributed by atoms with Gasteiger partial charge in [0.05, 0.1) is 5.69 Å². The third-order valence-corrected chi connectivity index (χ3v) is 2.70. The Hall–Kier alpha value is -2.01. The van der Waals surface area contributed by atoms with Crippen molar-refractivity contribution >= 4 is 11.5 Å². The molecule has 0 saturated carbocycles. The average molecular weight is 249 g/mol. The number of benzene rings is 1. The predicted molar refractivity (Wildman–Crippen MR) is 66.5 cm³/mol. The lowest BCUT2D eigenvalue weighted by Crippen LogP contribution is -2.16. The quantitative estimate of drug-likeness (QED) is 0.909. The largest absolute Gasteiger partial charge is 0.326 e. The predicted octanol–water partition coefficient (Wildman–Crippen LogP) is 2.59. The van der Waals surface area contributed by atoms with Crippen LogP contribution in [0.25, 0.3) is 0 Å². The Bertz CT molecular complexity index is 558. The van der Waals surface area contributed by atoms with Gasteiger partial charge >= 0.3 is 0 Å². The summed E-state index contributed by atoms with van der Waals surface area (Å²) in [7, 11) is 1.56. The van der Waals surface area contributed by atoms with E-state index in [-0.39, 0.29) is 18.1 Å². The van der Waals surface area contributed by atoms with Crippen LogP contribution in [-0.4, -0.2) is 12.0 Å². The van der Waals surface area contributed by atoms with Gasteiger partial charge in [0.25, 0.3) is 0 Å². The van der Waals surface area contributed by atoms with Crippen molar-refractivity contribution in [2.45, 2.75) is 6.54 Å². The van der Waals surface area contributed by atoms with E-state index in [4.69, 9.17) is 5.73 Å². The van der Waals surface area contributed by atoms with E-state index in [9.17, 15) is 8.78 Å². The summed E-state index contributed by atoms with van der Waals surface area (Å²) in [6.07, 6.45) is 1.46. The van der Waals surface area contributed by atoms with Gasteiger partial charge in [0.1, 0.15) is 5.82 Å². The Kier molecular flexibility index (Phi) is 3.53. The van der Waals surface area contributed by atoms with Gasteiger partial charge in [0.2, 0.25) is 0 Å². The molecule has 2 N–H and O–H groups in total. The molecule has 3 nitrogen and oxygen atoms in total. The van der Waals surface area contributed by atoms with Crippen molar-refractivity contribution in [2.24, 2.45) is 5.73 Å². The number of nitrogens with zero attached hydrogens (tertiary/aromatic N) is 2. The van der Waals surface area contributed by atoms with Crippen molar-refractivity contribution in [2.75, 3.05) is 11.9 Å². The zero-order valence-electron chi connectivity index (χ0n) is 9.90. The van der Waals surface area contributed by atoms with E-state index in [0.29, 0.717) is 5.56 Å². The Morgan fingerprint density at radius 3 is 2.61 bits per heavy atom. The van der Waals surface area contributed by atoms with Crippen molar-refractivity contribution in [3.05, 3.63) is 53.7 Å². The fraction of sp³-hybridized carbons (Fsp3) is 0.154. The summed E-state index contributed by atoms with van der Waals surface area (Å²) in [6, 6.07) is 7.64. The van der Waals surface area contributed by atoms with Gasteiger partial charge in [-0.15, -0.1) is 0 Å². The summed E-state index contributed by atoms with van der Waals surface area (Å²) in [6.45, 7) is 0.0759. The highest BCUT2D eigenvalue weighted by Crippen LogP contribution is 2.27. The highest BCUT2D eigenvalue weighted by molar-refractivity contribution is 5.60. The van der Waals surface area contributed by atoms with Crippen molar-refractivity contribution in [1.82, 2.24) is 4.98 Å². The molecule has 0 saturated heterocycles. The molecule has 5 heteroatoms. The number of nitrogens with two attached hydrogens (primary N) is 1. The van der Waals surface area contributed by atoms with E-state index in [1.54, 1.807) is 25.2 Å². The van der Waals surface area contributed by atoms with E-state index in [2.05, 4.69) is 4.98 Å². The molecule has 1 aromatic carbocycles. The lowest BCUT2D eigenvalue weighted by molar-refractivity contribution is 0.600. The third kappa shape index (κ3) is 2.17. The maximum absolute atomic E-state index is 14.0. The first kappa shape index (κ1) is 12.4. The molecular formula is C13H13F2N3. The standard InChI is InChI=1S/C13H13F2N3/c1-18(11-5-3-2-4-10(11)14)13-12(15)9(8-16)6-7-17-13/h2-7H,8,16H2,1H3. The van der Waals surface area contributed by atoms with Gasteiger partial charge in [-0.2, -0.15) is 0 Å². The maximum Gasteiger partial charge on any atom is 0.170 e. The monoisotopic (exact) mass is 249 g/mol. The molecule has 2 aromatic rings. The Morgan fingerprint density at radius 2 is 1.94 bits per heavy atom. The average Bonchev–Trinajstić information content (AvgIpc) is 2.39. The topological polar surface area (TPSA) is 42.2 Å². The van der Waals surface area contributed by atoms with Crippen LogP contribution in [0.4, 0.5) is 20.3 Å². The van der Waals surface area contributed by atoms with Crippen LogP contribution in [0.5, 0.6) is 0 Å². The minimum Gasteiger partial charge on any atom is -0.326 e. The summed E-state index contributed by atoms with van der Waals surface area (Å²) in [5.74, 6) is -0.895. The number of rotatable bonds is 3. The summed E-state index contributed by atoms with van der Waals surface area (Å²) in [4.78, 5) is 5.30. The maximum atomic E-state index is 14.0. The lowest BCUT2D eigenvalue weighted by atomic mass is 10.2. The number of pyridine rings is 1. The van der Waals surface area contributed by atoms with Crippen LogP contribution in [0.3, 0.4) is 0 Å². The summed E-state index contributed by atoms with van der Waals surface area (Å²) in [5.41, 5.74) is 6.04. The molecule has 1 aromatic heterocycles. The fourth-order valence-corrected chi connectivity index (χ4v) is 1.70. The van der Waals surface area contributed by atoms with Gasteiger partial charge in [0.15, 0.2) is 11.6 Å². The first-order valence-corrected chi connectivity index (χ1v) is 5.47. The number of halogens is 2. The molecule has 1 heterocycles. The molecule has 0 aliphatic rings. The fourth-order valence-electron chi connectivity index (χ4n) is 1.70. The van der Waals surface area contributed by atoms with Crippen LogP contribution in [0, 0.1) is 11.6 Å². The van der Waals surface area contributed by atoms with Gasteiger partial charge in [0, 0.05) is 25.4 Å². The minimum absolute atomic E-state index is 0.0584. The zero-order chi connectivity index (χ0) is 13.1. The second kappa shape index (κ2) is 5.10. The van der Waals surface area contributed by atoms with Crippen LogP contribution in [0.1, 0.15) is 5.56 Å². The Balaban J connectivity index is 2.47. The summed E-state index contributed by atoms with van der Waals surface area (Å²) < 4.78 is 27.7. The Morgan fingerprint density at radius 1 is 1.22 bits per heavy atom. The van der Waals surface area contributed by atoms with Crippen molar-refractivity contribution in [3.8, 4) is 0 Å². The van der Waals surface area contributed by atoms with Crippen LogP contribution in [-0.2, 0) is 6.54 Å². The molecule has 0 aliphatic carbocycles. The molecule has 2 rings (SSSR count). The third-order valence-electron chi connectivity index (χ3n) is 2.70. The Labute approximate surface area is 104 Å². The molecule has 0 aliphatic heterocycles. The number of aromatic nitrogens is 1. The van der Waals surface area contributed by atoms with Gasteiger partial charge in [-0.25, -0.2) is 13.8 Å². The van der Waals surface area contributed by atoms with Crippen LogP contribution in [0.2, 0.25) is 0 Å². The SMILES string of the molecule is CN(c1ccccc1F)c1nccc(CN)c1F. The highest BCUT2D eigenvalue weighted by atomic mass is 19.1. The minimum atomic E-state index is -0.522. The van der Waals surface area contributed by atoms with Gasteiger partial charge in [-0.3, -0.25) is 0 Å². The number of hydrogen-bond acceptors (Lipinski definition) is 3. The van der Waals surface area contributed by atoms with E-state index in [1.165, 1.54) is 23.2 Å². The van der Waals surface area contributed by atoms with Gasteiger partial charge < -0.3 is 10.6 Å². The summed E-state index contributed by atoms with van der Waals surface area (Å²) >= 11 is 0. The molecule has 0 bridgehead atoms. The van der Waals surface area contributed by atoms with Gasteiger partial charge in [-0.1, -0.05) is 12.1 Å². The number of hydrogen-bond donors (Lipinski definition) is 1. The van der Waals surface area contributed by atoms with E-state index in [0.717, 1.165) is 0 Å². The molecule has 0 fully saturated rings.